The van der Waals surface area contributed by atoms with E-state index in [0.717, 1.165) is 29.7 Å². The van der Waals surface area contributed by atoms with Crippen molar-refractivity contribution in [2.75, 3.05) is 30.4 Å². The number of ether oxygens (including phenoxy) is 2. The summed E-state index contributed by atoms with van der Waals surface area (Å²) in [5.74, 6) is 0.851. The van der Waals surface area contributed by atoms with Gasteiger partial charge in [0.05, 0.1) is 23.5 Å². The van der Waals surface area contributed by atoms with Crippen molar-refractivity contribution in [1.82, 2.24) is 29.0 Å². The van der Waals surface area contributed by atoms with Crippen LogP contribution in [0.25, 0.3) is 16.6 Å². The van der Waals surface area contributed by atoms with Crippen molar-refractivity contribution in [3.05, 3.63) is 72.3 Å². The summed E-state index contributed by atoms with van der Waals surface area (Å²) in [4.78, 5) is 39.4. The molecule has 1 saturated heterocycles. The minimum absolute atomic E-state index is 0.000322. The van der Waals surface area contributed by atoms with Gasteiger partial charge in [0.2, 0.25) is 5.65 Å². The molecule has 3 aromatic heterocycles. The van der Waals surface area contributed by atoms with Crippen LogP contribution in [0, 0.1) is 6.92 Å². The molecule has 1 aliphatic rings. The van der Waals surface area contributed by atoms with Crippen LogP contribution in [0.5, 0.6) is 11.6 Å². The molecule has 0 aliphatic carbocycles. The Morgan fingerprint density at radius 1 is 1.05 bits per heavy atom. The van der Waals surface area contributed by atoms with Gasteiger partial charge in [-0.1, -0.05) is 18.2 Å². The van der Waals surface area contributed by atoms with Crippen LogP contribution in [0.3, 0.4) is 0 Å². The van der Waals surface area contributed by atoms with Gasteiger partial charge in [-0.2, -0.15) is 10.1 Å². The Kier molecular flexibility index (Phi) is 7.36. The van der Waals surface area contributed by atoms with Crippen molar-refractivity contribution < 1.29 is 19.1 Å². The number of hydrogen-bond donors (Lipinski definition) is 1. The fourth-order valence-corrected chi connectivity index (χ4v) is 5.43. The second-order valence-corrected chi connectivity index (χ2v) is 12.1. The molecule has 0 radical (unpaired) electrons. The Hall–Kier alpha value is -5.13. The molecule has 1 aliphatic heterocycles. The van der Waals surface area contributed by atoms with Crippen LogP contribution in [0.2, 0.25) is 0 Å². The van der Waals surface area contributed by atoms with E-state index in [9.17, 15) is 9.59 Å². The van der Waals surface area contributed by atoms with E-state index in [4.69, 9.17) is 9.47 Å². The molecule has 12 nitrogen and oxygen atoms in total. The number of benzene rings is 2. The number of nitrogens with one attached hydrogen (secondary N) is 1. The number of aromatic nitrogens is 5. The highest BCUT2D eigenvalue weighted by Gasteiger charge is 2.32. The van der Waals surface area contributed by atoms with E-state index in [-0.39, 0.29) is 23.9 Å². The second-order valence-electron chi connectivity index (χ2n) is 12.1. The molecule has 1 fully saturated rings. The van der Waals surface area contributed by atoms with Gasteiger partial charge in [-0.25, -0.2) is 9.78 Å². The topological polar surface area (TPSA) is 119 Å². The van der Waals surface area contributed by atoms with Gasteiger partial charge >= 0.3 is 6.09 Å². The van der Waals surface area contributed by atoms with E-state index in [1.165, 1.54) is 0 Å². The molecule has 0 bridgehead atoms. The average Bonchev–Trinajstić information content (AvgIpc) is 3.69. The zero-order valence-corrected chi connectivity index (χ0v) is 25.7. The Morgan fingerprint density at radius 3 is 2.57 bits per heavy atom. The van der Waals surface area contributed by atoms with Crippen LogP contribution in [-0.2, 0) is 11.8 Å². The first-order valence-electron chi connectivity index (χ1n) is 14.5. The van der Waals surface area contributed by atoms with Crippen molar-refractivity contribution in [1.29, 1.82) is 0 Å². The average molecular weight is 597 g/mol. The second kappa shape index (κ2) is 11.2. The zero-order chi connectivity index (χ0) is 31.2. The molecule has 2 aromatic carbocycles. The van der Waals surface area contributed by atoms with Crippen molar-refractivity contribution in [2.24, 2.45) is 7.05 Å². The number of carbonyl (C=O) groups excluding carboxylic acids is 2. The summed E-state index contributed by atoms with van der Waals surface area (Å²) >= 11 is 0. The highest BCUT2D eigenvalue weighted by Crippen LogP contribution is 2.33. The molecule has 0 saturated carbocycles. The zero-order valence-electron chi connectivity index (χ0n) is 25.7. The quantitative estimate of drug-likeness (QED) is 0.276. The predicted octanol–water partition coefficient (Wildman–Crippen LogP) is 5.41. The van der Waals surface area contributed by atoms with Gasteiger partial charge in [0, 0.05) is 50.7 Å². The summed E-state index contributed by atoms with van der Waals surface area (Å²) < 4.78 is 15.1. The number of likely N-dealkylation sites (N-methyl/N-ethyl adjacent to an activating group) is 1. The monoisotopic (exact) mass is 596 g/mol. The molecule has 228 valence electrons. The largest absolute Gasteiger partial charge is 0.444 e. The lowest BCUT2D eigenvalue weighted by Crippen LogP contribution is -2.42. The Labute approximate surface area is 255 Å². The van der Waals surface area contributed by atoms with Crippen LogP contribution >= 0.6 is 0 Å². The molecular weight excluding hydrogens is 560 g/mol. The predicted molar refractivity (Wildman–Crippen MR) is 168 cm³/mol. The van der Waals surface area contributed by atoms with E-state index in [2.05, 4.69) is 25.3 Å². The first-order valence-corrected chi connectivity index (χ1v) is 14.5. The van der Waals surface area contributed by atoms with E-state index in [1.54, 1.807) is 33.3 Å². The minimum atomic E-state index is -0.558. The molecule has 6 rings (SSSR count). The van der Waals surface area contributed by atoms with Crippen LogP contribution in [-0.4, -0.2) is 72.8 Å². The van der Waals surface area contributed by atoms with Gasteiger partial charge in [-0.3, -0.25) is 13.9 Å². The van der Waals surface area contributed by atoms with Gasteiger partial charge in [-0.15, -0.1) is 0 Å². The summed E-state index contributed by atoms with van der Waals surface area (Å²) in [7, 11) is 3.61. The molecule has 4 heterocycles. The number of aryl methyl sites for hydroxylation is 2. The summed E-state index contributed by atoms with van der Waals surface area (Å²) in [6.45, 7) is 8.87. The molecule has 12 heteroatoms. The summed E-state index contributed by atoms with van der Waals surface area (Å²) in [5, 5.41) is 8.42. The Balaban J connectivity index is 1.25. The van der Waals surface area contributed by atoms with Crippen molar-refractivity contribution in [3.63, 3.8) is 0 Å². The SMILES string of the molecule is Cc1cn2cc(NC(=O)c3ccc(N4CC[C@@H](N(C)C(=O)OC(C)(C)C)C4)c4cn(C)nc34)nc(Oc3ccccc3)c2n1. The fraction of sp³-hybridized carbons (Fsp3) is 0.344. The highest BCUT2D eigenvalue weighted by molar-refractivity contribution is 6.13. The van der Waals surface area contributed by atoms with Crippen LogP contribution < -0.4 is 15.0 Å². The molecule has 0 spiro atoms. The third kappa shape index (κ3) is 5.87. The minimum Gasteiger partial charge on any atom is -0.444 e. The number of nitrogens with zero attached hydrogens (tertiary/aromatic N) is 7. The number of hydrogen-bond acceptors (Lipinski definition) is 8. The van der Waals surface area contributed by atoms with E-state index >= 15 is 0 Å². The fourth-order valence-electron chi connectivity index (χ4n) is 5.43. The molecular formula is C32H36N8O4. The standard InChI is InChI=1S/C32H36N8O4/c1-20-16-40-19-26(35-30(28(40)33-20)43-22-10-8-7-9-11-22)34-29(41)23-12-13-25(24-18-37(5)36-27(23)24)39-15-14-21(17-39)38(6)31(42)44-32(2,3)4/h7-13,16,18-19,21H,14-15,17H2,1-6H3,(H,34,41)/t21-/m1/s1. The molecule has 0 unspecified atom stereocenters. The molecule has 44 heavy (non-hydrogen) atoms. The normalized spacial score (nSPS) is 15.1. The number of rotatable bonds is 6. The van der Waals surface area contributed by atoms with Crippen LogP contribution in [0.4, 0.5) is 16.3 Å². The number of anilines is 2. The molecule has 1 atom stereocenters. The van der Waals surface area contributed by atoms with Crippen molar-refractivity contribution in [2.45, 2.75) is 45.8 Å². The highest BCUT2D eigenvalue weighted by atomic mass is 16.6. The van der Waals surface area contributed by atoms with E-state index < -0.39 is 5.60 Å². The first-order chi connectivity index (χ1) is 20.9. The molecule has 2 amide bonds. The maximum Gasteiger partial charge on any atom is 0.410 e. The summed E-state index contributed by atoms with van der Waals surface area (Å²) in [6, 6.07) is 13.0. The molecule has 1 N–H and O–H groups in total. The third-order valence-electron chi connectivity index (χ3n) is 7.47. The summed E-state index contributed by atoms with van der Waals surface area (Å²) in [6.07, 6.45) is 5.93. The van der Waals surface area contributed by atoms with Gasteiger partial charge < -0.3 is 24.6 Å². The van der Waals surface area contributed by atoms with Crippen LogP contribution in [0.15, 0.2) is 61.1 Å². The van der Waals surface area contributed by atoms with Gasteiger partial charge in [0.15, 0.2) is 5.82 Å². The van der Waals surface area contributed by atoms with Gasteiger partial charge in [-0.05, 0) is 58.4 Å². The number of carbonyl (C=O) groups is 2. The van der Waals surface area contributed by atoms with Crippen molar-refractivity contribution in [3.8, 4) is 11.6 Å². The number of imidazole rings is 1. The van der Waals surface area contributed by atoms with E-state index in [0.29, 0.717) is 34.8 Å². The van der Waals surface area contributed by atoms with E-state index in [1.807, 2.05) is 83.5 Å². The number of para-hydroxylation sites is 1. The maximum absolute atomic E-state index is 13.7. The Morgan fingerprint density at radius 2 is 1.82 bits per heavy atom. The summed E-state index contributed by atoms with van der Waals surface area (Å²) in [5.41, 5.74) is 2.73. The van der Waals surface area contributed by atoms with Gasteiger partial charge in [0.25, 0.3) is 11.8 Å². The van der Waals surface area contributed by atoms with Crippen molar-refractivity contribution >= 4 is 40.1 Å². The smallest absolute Gasteiger partial charge is 0.410 e. The van der Waals surface area contributed by atoms with Gasteiger partial charge in [0.1, 0.15) is 16.9 Å². The molecule has 5 aromatic rings. The Bertz CT molecular complexity index is 1860. The lowest BCUT2D eigenvalue weighted by atomic mass is 10.1. The first kappa shape index (κ1) is 29.0. The lowest BCUT2D eigenvalue weighted by Gasteiger charge is -2.29. The number of amides is 2. The lowest BCUT2D eigenvalue weighted by molar-refractivity contribution is 0.0237. The number of fused-ring (bicyclic) bond motifs is 2. The maximum atomic E-state index is 13.7. The third-order valence-corrected chi connectivity index (χ3v) is 7.47. The van der Waals surface area contributed by atoms with Crippen LogP contribution in [0.1, 0.15) is 43.2 Å².